The van der Waals surface area contributed by atoms with Crippen LogP contribution in [0, 0.1) is 0 Å². The van der Waals surface area contributed by atoms with Crippen LogP contribution in [0.2, 0.25) is 0 Å². The van der Waals surface area contributed by atoms with E-state index in [1.807, 2.05) is 0 Å². The Bertz CT molecular complexity index is 740. The van der Waals surface area contributed by atoms with Crippen LogP contribution in [0.1, 0.15) is 23.2 Å². The van der Waals surface area contributed by atoms with Gasteiger partial charge in [0.15, 0.2) is 0 Å². The van der Waals surface area contributed by atoms with Gasteiger partial charge in [-0.15, -0.1) is 0 Å². The molecule has 2 N–H and O–H groups in total. The molecule has 0 bridgehead atoms. The van der Waals surface area contributed by atoms with Crippen LogP contribution >= 0.6 is 0 Å². The minimum absolute atomic E-state index is 0.246. The molecule has 1 amide bonds. The number of carboxylic acid groups (broad SMARTS) is 1. The third-order valence-corrected chi connectivity index (χ3v) is 4.10. The second kappa shape index (κ2) is 7.31. The summed E-state index contributed by atoms with van der Waals surface area (Å²) in [5, 5.41) is 12.1. The van der Waals surface area contributed by atoms with E-state index in [-0.39, 0.29) is 12.8 Å². The smallest absolute Gasteiger partial charge is 0.329 e. The molecule has 0 unspecified atom stereocenters. The Kier molecular flexibility index (Phi) is 4.95. The largest absolute Gasteiger partial charge is 0.480 e. The maximum absolute atomic E-state index is 12.4. The molecular weight excluding hydrogens is 324 g/mol. The molecule has 1 aliphatic rings. The molecular formula is C18H18N2O5. The van der Waals surface area contributed by atoms with Gasteiger partial charge in [0.05, 0.1) is 6.20 Å². The topological polar surface area (TPSA) is 97.8 Å². The number of nitrogens with one attached hydrogen (secondary N) is 1. The van der Waals surface area contributed by atoms with E-state index in [0.29, 0.717) is 30.3 Å². The fourth-order valence-corrected chi connectivity index (χ4v) is 2.62. The van der Waals surface area contributed by atoms with Crippen LogP contribution < -0.4 is 10.1 Å². The first-order valence-corrected chi connectivity index (χ1v) is 7.91. The number of benzene rings is 1. The van der Waals surface area contributed by atoms with Gasteiger partial charge in [0.1, 0.15) is 17.0 Å². The molecule has 7 nitrogen and oxygen atoms in total. The third-order valence-electron chi connectivity index (χ3n) is 4.10. The molecule has 0 aliphatic carbocycles. The van der Waals surface area contributed by atoms with Crippen molar-refractivity contribution >= 4 is 11.9 Å². The number of pyridine rings is 1. The maximum Gasteiger partial charge on any atom is 0.329 e. The Morgan fingerprint density at radius 3 is 2.44 bits per heavy atom. The predicted octanol–water partition coefficient (Wildman–Crippen LogP) is 2.24. The van der Waals surface area contributed by atoms with E-state index in [2.05, 4.69) is 10.3 Å². The first kappa shape index (κ1) is 16.9. The van der Waals surface area contributed by atoms with Crippen LogP contribution in [0.4, 0.5) is 0 Å². The van der Waals surface area contributed by atoms with Gasteiger partial charge in [-0.3, -0.25) is 9.78 Å². The van der Waals surface area contributed by atoms with E-state index in [4.69, 9.17) is 9.47 Å². The van der Waals surface area contributed by atoms with E-state index < -0.39 is 17.4 Å². The van der Waals surface area contributed by atoms with Crippen LogP contribution in [0.3, 0.4) is 0 Å². The molecule has 1 aliphatic heterocycles. The summed E-state index contributed by atoms with van der Waals surface area (Å²) in [5.41, 5.74) is -0.911. The lowest BCUT2D eigenvalue weighted by molar-refractivity contribution is -0.148. The van der Waals surface area contributed by atoms with Gasteiger partial charge in [-0.05, 0) is 36.4 Å². The highest BCUT2D eigenvalue weighted by molar-refractivity contribution is 5.98. The molecule has 130 valence electrons. The van der Waals surface area contributed by atoms with E-state index >= 15 is 0 Å². The van der Waals surface area contributed by atoms with E-state index in [9.17, 15) is 14.7 Å². The van der Waals surface area contributed by atoms with Gasteiger partial charge in [0.2, 0.25) is 0 Å². The normalized spacial score (nSPS) is 16.0. The summed E-state index contributed by atoms with van der Waals surface area (Å²) in [6.45, 7) is 0.620. The fourth-order valence-electron chi connectivity index (χ4n) is 2.62. The number of aliphatic carboxylic acids is 1. The lowest BCUT2D eigenvalue weighted by atomic mass is 9.89. The van der Waals surface area contributed by atoms with Crippen molar-refractivity contribution in [1.29, 1.82) is 0 Å². The summed E-state index contributed by atoms with van der Waals surface area (Å²) in [6.07, 6.45) is 3.73. The molecule has 0 radical (unpaired) electrons. The van der Waals surface area contributed by atoms with Crippen molar-refractivity contribution in [2.24, 2.45) is 0 Å². The molecule has 0 atom stereocenters. The Morgan fingerprint density at radius 1 is 1.12 bits per heavy atom. The Morgan fingerprint density at radius 2 is 1.84 bits per heavy atom. The number of hydrogen-bond donors (Lipinski definition) is 2. The number of amides is 1. The highest BCUT2D eigenvalue weighted by Crippen LogP contribution is 2.23. The van der Waals surface area contributed by atoms with Gasteiger partial charge < -0.3 is 19.9 Å². The van der Waals surface area contributed by atoms with Gasteiger partial charge in [-0.1, -0.05) is 0 Å². The molecule has 1 aromatic carbocycles. The lowest BCUT2D eigenvalue weighted by Crippen LogP contribution is -2.57. The molecule has 0 spiro atoms. The minimum atomic E-state index is -1.28. The Labute approximate surface area is 144 Å². The Balaban J connectivity index is 1.69. The van der Waals surface area contributed by atoms with Gasteiger partial charge in [-0.25, -0.2) is 4.79 Å². The molecule has 25 heavy (non-hydrogen) atoms. The fraction of sp³-hybridized carbons (Fsp3) is 0.278. The molecule has 1 saturated heterocycles. The highest BCUT2D eigenvalue weighted by atomic mass is 16.5. The van der Waals surface area contributed by atoms with Crippen molar-refractivity contribution in [1.82, 2.24) is 10.3 Å². The lowest BCUT2D eigenvalue weighted by Gasteiger charge is -2.33. The van der Waals surface area contributed by atoms with Crippen molar-refractivity contribution in [3.63, 3.8) is 0 Å². The molecule has 2 heterocycles. The monoisotopic (exact) mass is 342 g/mol. The van der Waals surface area contributed by atoms with E-state index in [1.165, 1.54) is 0 Å². The summed E-state index contributed by atoms with van der Waals surface area (Å²) in [5.74, 6) is -0.326. The summed E-state index contributed by atoms with van der Waals surface area (Å²) in [7, 11) is 0. The van der Waals surface area contributed by atoms with Crippen molar-refractivity contribution in [2.75, 3.05) is 13.2 Å². The standard InChI is InChI=1S/C18H18N2O5/c21-16(20-18(17(22)23)7-10-24-11-8-18)13-3-5-14(6-4-13)25-15-2-1-9-19-12-15/h1-6,9,12H,7-8,10-11H2,(H,20,21)(H,22,23). The van der Waals surface area contributed by atoms with E-state index in [0.717, 1.165) is 0 Å². The van der Waals surface area contributed by atoms with Crippen LogP contribution in [0.25, 0.3) is 0 Å². The predicted molar refractivity (Wildman–Crippen MR) is 88.6 cm³/mol. The van der Waals surface area contributed by atoms with Crippen molar-refractivity contribution in [3.8, 4) is 11.5 Å². The first-order valence-electron chi connectivity index (χ1n) is 7.91. The third kappa shape index (κ3) is 3.95. The van der Waals surface area contributed by atoms with Crippen LogP contribution in [0.15, 0.2) is 48.8 Å². The number of carbonyl (C=O) groups excluding carboxylic acids is 1. The van der Waals surface area contributed by atoms with Crippen molar-refractivity contribution in [3.05, 3.63) is 54.4 Å². The van der Waals surface area contributed by atoms with Crippen LogP contribution in [-0.2, 0) is 9.53 Å². The highest BCUT2D eigenvalue weighted by Gasteiger charge is 2.41. The SMILES string of the molecule is O=C(NC1(C(=O)O)CCOCC1)c1ccc(Oc2cccnc2)cc1. The summed E-state index contributed by atoms with van der Waals surface area (Å²) in [4.78, 5) is 28.0. The number of aromatic nitrogens is 1. The average molecular weight is 342 g/mol. The number of nitrogens with zero attached hydrogens (tertiary/aromatic N) is 1. The summed E-state index contributed by atoms with van der Waals surface area (Å²) < 4.78 is 10.8. The van der Waals surface area contributed by atoms with Gasteiger partial charge in [-0.2, -0.15) is 0 Å². The maximum atomic E-state index is 12.4. The quantitative estimate of drug-likeness (QED) is 0.865. The van der Waals surface area contributed by atoms with Crippen molar-refractivity contribution in [2.45, 2.75) is 18.4 Å². The Hall–Kier alpha value is -2.93. The zero-order valence-corrected chi connectivity index (χ0v) is 13.5. The zero-order chi connectivity index (χ0) is 17.7. The van der Waals surface area contributed by atoms with Crippen LogP contribution in [-0.4, -0.2) is 40.7 Å². The molecule has 1 aromatic heterocycles. The number of carbonyl (C=O) groups is 2. The van der Waals surface area contributed by atoms with Crippen molar-refractivity contribution < 1.29 is 24.2 Å². The number of ether oxygens (including phenoxy) is 2. The average Bonchev–Trinajstić information content (AvgIpc) is 2.64. The molecule has 1 fully saturated rings. The van der Waals surface area contributed by atoms with Gasteiger partial charge >= 0.3 is 5.97 Å². The second-order valence-electron chi connectivity index (χ2n) is 5.77. The summed E-state index contributed by atoms with van der Waals surface area (Å²) >= 11 is 0. The van der Waals surface area contributed by atoms with Gasteiger partial charge in [0.25, 0.3) is 5.91 Å². The molecule has 2 aromatic rings. The number of carboxylic acids is 1. The first-order chi connectivity index (χ1) is 12.1. The molecule has 0 saturated carbocycles. The van der Waals surface area contributed by atoms with Crippen LogP contribution in [0.5, 0.6) is 11.5 Å². The number of rotatable bonds is 5. The van der Waals surface area contributed by atoms with Gasteiger partial charge in [0, 0.05) is 37.8 Å². The molecule has 7 heteroatoms. The second-order valence-corrected chi connectivity index (χ2v) is 5.77. The minimum Gasteiger partial charge on any atom is -0.480 e. The zero-order valence-electron chi connectivity index (χ0n) is 13.5. The number of hydrogen-bond acceptors (Lipinski definition) is 5. The summed E-state index contributed by atoms with van der Waals surface area (Å²) in [6, 6.07) is 10.0. The van der Waals surface area contributed by atoms with E-state index in [1.54, 1.807) is 48.8 Å². The molecule has 3 rings (SSSR count).